The normalized spacial score (nSPS) is 25.1. The minimum atomic E-state index is -0.925. The van der Waals surface area contributed by atoms with Crippen LogP contribution in [0.4, 0.5) is 11.4 Å². The highest BCUT2D eigenvalue weighted by Crippen LogP contribution is 2.50. The molecule has 0 N–H and O–H groups in total. The van der Waals surface area contributed by atoms with Crippen molar-refractivity contribution in [2.45, 2.75) is 38.8 Å². The van der Waals surface area contributed by atoms with E-state index in [0.29, 0.717) is 13.0 Å². The number of anilines is 1. The van der Waals surface area contributed by atoms with Crippen LogP contribution in [-0.4, -0.2) is 46.0 Å². The summed E-state index contributed by atoms with van der Waals surface area (Å²) in [7, 11) is 0. The topological polar surface area (TPSA) is 101 Å². The Hall–Kier alpha value is -3.81. The molecule has 2 amide bonds. The summed E-state index contributed by atoms with van der Waals surface area (Å²) >= 11 is 0. The Balaban J connectivity index is 1.65. The number of Topliss-reactive ketones (excluding diaryl/α,β-unsaturated/α-hetero) is 1. The second-order valence-electron chi connectivity index (χ2n) is 9.11. The van der Waals surface area contributed by atoms with Gasteiger partial charge in [0.25, 0.3) is 5.69 Å². The van der Waals surface area contributed by atoms with Crippen molar-refractivity contribution < 1.29 is 19.3 Å². The molecule has 2 aromatic carbocycles. The number of carbonyl (C=O) groups is 3. The third-order valence-electron chi connectivity index (χ3n) is 7.19. The summed E-state index contributed by atoms with van der Waals surface area (Å²) < 4.78 is 0. The van der Waals surface area contributed by atoms with Gasteiger partial charge in [-0.2, -0.15) is 0 Å². The molecule has 3 heterocycles. The first-order valence-corrected chi connectivity index (χ1v) is 11.5. The highest BCUT2D eigenvalue weighted by Gasteiger charge is 2.64. The van der Waals surface area contributed by atoms with E-state index in [1.807, 2.05) is 49.1 Å². The Morgan fingerprint density at radius 3 is 2.53 bits per heavy atom. The zero-order valence-electron chi connectivity index (χ0n) is 19.0. The summed E-state index contributed by atoms with van der Waals surface area (Å²) in [5.41, 5.74) is 2.70. The van der Waals surface area contributed by atoms with E-state index < -0.39 is 28.8 Å². The number of para-hydroxylation sites is 1. The van der Waals surface area contributed by atoms with Gasteiger partial charge in [0.2, 0.25) is 11.8 Å². The van der Waals surface area contributed by atoms with Crippen molar-refractivity contribution in [1.29, 1.82) is 0 Å². The van der Waals surface area contributed by atoms with E-state index in [1.54, 1.807) is 0 Å². The van der Waals surface area contributed by atoms with Crippen molar-refractivity contribution >= 4 is 34.5 Å². The maximum absolute atomic E-state index is 13.9. The highest BCUT2D eigenvalue weighted by atomic mass is 16.6. The molecule has 174 valence electrons. The lowest BCUT2D eigenvalue weighted by molar-refractivity contribution is -0.384. The van der Waals surface area contributed by atoms with Gasteiger partial charge >= 0.3 is 0 Å². The quantitative estimate of drug-likeness (QED) is 0.281. The van der Waals surface area contributed by atoms with E-state index in [4.69, 9.17) is 0 Å². The van der Waals surface area contributed by atoms with E-state index in [2.05, 4.69) is 0 Å². The number of allylic oxidation sites excluding steroid dienone is 1. The third-order valence-corrected chi connectivity index (χ3v) is 7.19. The average molecular weight is 460 g/mol. The molecule has 0 aliphatic carbocycles. The molecule has 2 fully saturated rings. The van der Waals surface area contributed by atoms with Crippen LogP contribution in [0.25, 0.3) is 5.57 Å². The SMILES string of the molecule is CCCCN1C(=O)C2C(C1=O)C(C(=O)c1cccc([N+](=O)[O-])c1)N1c3ccccc3C(C)=CC21. The molecule has 3 aliphatic heterocycles. The maximum Gasteiger partial charge on any atom is 0.270 e. The van der Waals surface area contributed by atoms with Gasteiger partial charge in [0, 0.05) is 35.5 Å². The molecule has 2 saturated heterocycles. The lowest BCUT2D eigenvalue weighted by Crippen LogP contribution is -2.49. The van der Waals surface area contributed by atoms with Gasteiger partial charge < -0.3 is 4.90 Å². The monoisotopic (exact) mass is 459 g/mol. The number of non-ortho nitro benzene ring substituents is 1. The number of carbonyl (C=O) groups excluding carboxylic acids is 3. The number of likely N-dealkylation sites (tertiary alicyclic amines) is 1. The molecule has 0 bridgehead atoms. The number of benzene rings is 2. The first-order chi connectivity index (χ1) is 16.3. The van der Waals surface area contributed by atoms with E-state index in [1.165, 1.54) is 29.2 Å². The Kier molecular flexibility index (Phi) is 5.31. The molecule has 8 nitrogen and oxygen atoms in total. The van der Waals surface area contributed by atoms with E-state index in [-0.39, 0.29) is 28.8 Å². The molecule has 5 rings (SSSR count). The van der Waals surface area contributed by atoms with Crippen LogP contribution in [0.1, 0.15) is 42.6 Å². The lowest BCUT2D eigenvalue weighted by Gasteiger charge is -2.38. The van der Waals surface area contributed by atoms with Gasteiger partial charge in [-0.25, -0.2) is 0 Å². The second-order valence-corrected chi connectivity index (χ2v) is 9.11. The van der Waals surface area contributed by atoms with Gasteiger partial charge in [0.15, 0.2) is 5.78 Å². The largest absolute Gasteiger partial charge is 0.352 e. The van der Waals surface area contributed by atoms with E-state index >= 15 is 0 Å². The number of rotatable bonds is 6. The van der Waals surface area contributed by atoms with Crippen LogP contribution >= 0.6 is 0 Å². The van der Waals surface area contributed by atoms with Crippen LogP contribution < -0.4 is 4.90 Å². The van der Waals surface area contributed by atoms with Gasteiger partial charge in [-0.3, -0.25) is 29.4 Å². The van der Waals surface area contributed by atoms with Gasteiger partial charge in [-0.05, 0) is 25.0 Å². The van der Waals surface area contributed by atoms with Gasteiger partial charge in [0.05, 0.1) is 22.8 Å². The Bertz CT molecular complexity index is 1250. The molecule has 0 spiro atoms. The number of imide groups is 1. The van der Waals surface area contributed by atoms with Crippen LogP contribution in [0.2, 0.25) is 0 Å². The number of ketones is 1. The van der Waals surface area contributed by atoms with Gasteiger partial charge in [0.1, 0.15) is 6.04 Å². The minimum absolute atomic E-state index is 0.162. The summed E-state index contributed by atoms with van der Waals surface area (Å²) in [5.74, 6) is -2.46. The first-order valence-electron chi connectivity index (χ1n) is 11.5. The van der Waals surface area contributed by atoms with E-state index in [0.717, 1.165) is 23.2 Å². The average Bonchev–Trinajstić information content (AvgIpc) is 3.30. The molecule has 34 heavy (non-hydrogen) atoms. The zero-order chi connectivity index (χ0) is 24.1. The summed E-state index contributed by atoms with van der Waals surface area (Å²) in [6, 6.07) is 11.9. The standard InChI is InChI=1S/C26H25N3O5/c1-3-4-12-27-25(31)21-20-13-15(2)18-10-5-6-11-19(18)28(20)23(22(21)26(27)32)24(30)16-8-7-9-17(14-16)29(33)34/h5-11,13-14,20-23H,3-4,12H2,1-2H3. The number of amides is 2. The van der Waals surface area contributed by atoms with Crippen molar-refractivity contribution in [2.75, 3.05) is 11.4 Å². The van der Waals surface area contributed by atoms with Crippen LogP contribution in [0.3, 0.4) is 0 Å². The molecule has 0 aromatic heterocycles. The smallest absolute Gasteiger partial charge is 0.270 e. The fourth-order valence-corrected chi connectivity index (χ4v) is 5.64. The summed E-state index contributed by atoms with van der Waals surface area (Å²) in [5, 5.41) is 11.3. The molecule has 2 aromatic rings. The van der Waals surface area contributed by atoms with Crippen LogP contribution in [0.5, 0.6) is 0 Å². The summed E-state index contributed by atoms with van der Waals surface area (Å²) in [6.07, 6.45) is 3.52. The number of unbranched alkanes of at least 4 members (excludes halogenated alkanes) is 1. The number of nitrogens with zero attached hydrogens (tertiary/aromatic N) is 3. The molecular formula is C26H25N3O5. The Morgan fingerprint density at radius 2 is 1.79 bits per heavy atom. The Morgan fingerprint density at radius 1 is 1.06 bits per heavy atom. The van der Waals surface area contributed by atoms with E-state index in [9.17, 15) is 24.5 Å². The van der Waals surface area contributed by atoms with Crippen molar-refractivity contribution in [3.8, 4) is 0 Å². The Labute approximate surface area is 197 Å². The fraction of sp³-hybridized carbons (Fsp3) is 0.346. The van der Waals surface area contributed by atoms with Crippen molar-refractivity contribution in [2.24, 2.45) is 11.8 Å². The van der Waals surface area contributed by atoms with Crippen LogP contribution in [0, 0.1) is 22.0 Å². The fourth-order valence-electron chi connectivity index (χ4n) is 5.64. The molecule has 4 atom stereocenters. The molecule has 0 saturated carbocycles. The molecule has 0 radical (unpaired) electrons. The number of hydrogen-bond donors (Lipinski definition) is 0. The number of hydrogen-bond acceptors (Lipinski definition) is 6. The maximum atomic E-state index is 13.9. The highest BCUT2D eigenvalue weighted by molar-refractivity contribution is 6.14. The minimum Gasteiger partial charge on any atom is -0.352 e. The number of fused-ring (bicyclic) bond motifs is 5. The van der Waals surface area contributed by atoms with Crippen molar-refractivity contribution in [3.63, 3.8) is 0 Å². The summed E-state index contributed by atoms with van der Waals surface area (Å²) in [4.78, 5) is 54.9. The zero-order valence-corrected chi connectivity index (χ0v) is 19.0. The summed E-state index contributed by atoms with van der Waals surface area (Å²) in [6.45, 7) is 4.30. The van der Waals surface area contributed by atoms with Crippen molar-refractivity contribution in [3.05, 3.63) is 75.8 Å². The first kappa shape index (κ1) is 22.0. The third kappa shape index (κ3) is 3.16. The lowest BCUT2D eigenvalue weighted by atomic mass is 9.85. The van der Waals surface area contributed by atoms with Crippen LogP contribution in [-0.2, 0) is 9.59 Å². The van der Waals surface area contributed by atoms with Crippen LogP contribution in [0.15, 0.2) is 54.6 Å². The molecule has 4 unspecified atom stereocenters. The predicted molar refractivity (Wildman–Crippen MR) is 126 cm³/mol. The van der Waals surface area contributed by atoms with Crippen molar-refractivity contribution in [1.82, 2.24) is 4.90 Å². The second kappa shape index (κ2) is 8.20. The van der Waals surface area contributed by atoms with Gasteiger partial charge in [-0.15, -0.1) is 0 Å². The molecular weight excluding hydrogens is 434 g/mol. The number of nitro groups is 1. The predicted octanol–water partition coefficient (Wildman–Crippen LogP) is 3.85. The molecule has 8 heteroatoms. The molecule has 3 aliphatic rings. The van der Waals surface area contributed by atoms with Gasteiger partial charge in [-0.1, -0.05) is 49.8 Å². The number of nitro benzene ring substituents is 1.